The number of hydrogen-bond donors (Lipinski definition) is 3. The molecule has 0 atom stereocenters. The Morgan fingerprint density at radius 3 is 2.03 bits per heavy atom. The van der Waals surface area contributed by atoms with Gasteiger partial charge in [-0.1, -0.05) is 24.3 Å². The average molecular weight is 510 g/mol. The Morgan fingerprint density at radius 1 is 0.816 bits per heavy atom. The van der Waals surface area contributed by atoms with Crippen LogP contribution in [0.5, 0.6) is 0 Å². The summed E-state index contributed by atoms with van der Waals surface area (Å²) in [6, 6.07) is 19.4. The van der Waals surface area contributed by atoms with E-state index in [0.717, 1.165) is 0 Å². The molecule has 0 saturated carbocycles. The van der Waals surface area contributed by atoms with Crippen LogP contribution >= 0.6 is 0 Å². The van der Waals surface area contributed by atoms with Crippen molar-refractivity contribution in [2.24, 2.45) is 0 Å². The van der Waals surface area contributed by atoms with Crippen molar-refractivity contribution in [1.82, 2.24) is 10.3 Å². The number of amides is 1. The lowest BCUT2D eigenvalue weighted by Gasteiger charge is -2.11. The van der Waals surface area contributed by atoms with Crippen LogP contribution in [-0.4, -0.2) is 40.1 Å². The van der Waals surface area contributed by atoms with E-state index in [4.69, 9.17) is 4.42 Å². The summed E-state index contributed by atoms with van der Waals surface area (Å²) in [5.41, 5.74) is 2.51. The Hall–Kier alpha value is -5.31. The van der Waals surface area contributed by atoms with Gasteiger partial charge in [0.1, 0.15) is 11.6 Å². The molecule has 5 rings (SSSR count). The highest BCUT2D eigenvalue weighted by molar-refractivity contribution is 6.12. The largest absolute Gasteiger partial charge is 0.478 e. The number of pyridine rings is 1. The third-order valence-electron chi connectivity index (χ3n) is 6.05. The average Bonchev–Trinajstić information content (AvgIpc) is 3.31. The number of carboxylic acids is 2. The molecule has 0 bridgehead atoms. The number of aromatic carboxylic acids is 2. The van der Waals surface area contributed by atoms with Crippen molar-refractivity contribution < 1.29 is 33.4 Å². The Labute approximate surface area is 215 Å². The monoisotopic (exact) mass is 510 g/mol. The molecule has 0 aliphatic carbocycles. The Morgan fingerprint density at radius 2 is 1.42 bits per heavy atom. The summed E-state index contributed by atoms with van der Waals surface area (Å²) >= 11 is 0. The Balaban J connectivity index is 1.85. The normalized spacial score (nSPS) is 10.9. The molecule has 3 aromatic carbocycles. The van der Waals surface area contributed by atoms with Gasteiger partial charge in [0.05, 0.1) is 27.8 Å². The first-order chi connectivity index (χ1) is 18.3. The van der Waals surface area contributed by atoms with Gasteiger partial charge in [-0.15, -0.1) is 0 Å². The minimum atomic E-state index is -1.12. The van der Waals surface area contributed by atoms with Crippen molar-refractivity contribution in [2.45, 2.75) is 0 Å². The van der Waals surface area contributed by atoms with Crippen LogP contribution in [0.1, 0.15) is 31.1 Å². The van der Waals surface area contributed by atoms with E-state index in [-0.39, 0.29) is 28.2 Å². The molecule has 1 amide bonds. The van der Waals surface area contributed by atoms with Crippen molar-refractivity contribution in [3.8, 4) is 33.7 Å². The summed E-state index contributed by atoms with van der Waals surface area (Å²) < 4.78 is 19.6. The number of halogens is 1. The lowest BCUT2D eigenvalue weighted by molar-refractivity contribution is 0.0686. The molecular formula is C29H19FN2O6. The zero-order valence-corrected chi connectivity index (χ0v) is 19.9. The quantitative estimate of drug-likeness (QED) is 0.266. The first-order valence-electron chi connectivity index (χ1n) is 11.4. The fourth-order valence-corrected chi connectivity index (χ4v) is 4.24. The second kappa shape index (κ2) is 9.62. The molecule has 0 unspecified atom stereocenters. The predicted molar refractivity (Wildman–Crippen MR) is 138 cm³/mol. The SMILES string of the molecule is CNC(=O)c1c(-c2ccc(F)cc2)oc2nc(-c3cccc(C(=O)O)c3)c(-c3cccc(C(=O)O)c3)cc12. The van der Waals surface area contributed by atoms with E-state index in [1.807, 2.05) is 0 Å². The van der Waals surface area contributed by atoms with Crippen LogP contribution in [0.3, 0.4) is 0 Å². The molecule has 188 valence electrons. The minimum absolute atomic E-state index is 0.0344. The van der Waals surface area contributed by atoms with E-state index in [2.05, 4.69) is 10.3 Å². The van der Waals surface area contributed by atoms with Crippen LogP contribution < -0.4 is 5.32 Å². The van der Waals surface area contributed by atoms with Gasteiger partial charge in [-0.25, -0.2) is 19.0 Å². The van der Waals surface area contributed by atoms with Crippen molar-refractivity contribution in [3.05, 3.63) is 101 Å². The van der Waals surface area contributed by atoms with Gasteiger partial charge in [0.2, 0.25) is 5.71 Å². The lowest BCUT2D eigenvalue weighted by atomic mass is 9.95. The number of carboxylic acid groups (broad SMARTS) is 2. The van der Waals surface area contributed by atoms with Gasteiger partial charge in [0.15, 0.2) is 0 Å². The molecule has 9 heteroatoms. The molecule has 5 aromatic rings. The van der Waals surface area contributed by atoms with E-state index in [1.54, 1.807) is 30.3 Å². The second-order valence-electron chi connectivity index (χ2n) is 8.40. The van der Waals surface area contributed by atoms with Crippen LogP contribution in [0.2, 0.25) is 0 Å². The minimum Gasteiger partial charge on any atom is -0.478 e. The molecule has 0 aliphatic rings. The second-order valence-corrected chi connectivity index (χ2v) is 8.40. The highest BCUT2D eigenvalue weighted by atomic mass is 19.1. The van der Waals surface area contributed by atoms with E-state index in [9.17, 15) is 29.0 Å². The Bertz CT molecular complexity index is 1740. The van der Waals surface area contributed by atoms with Crippen LogP contribution in [0.25, 0.3) is 44.8 Å². The number of carbonyl (C=O) groups excluding carboxylic acids is 1. The lowest BCUT2D eigenvalue weighted by Crippen LogP contribution is -2.18. The standard InChI is InChI=1S/C29H19FN2O6/c1-31-26(33)23-22-14-21(16-4-2-6-18(12-16)28(34)35)24(17-5-3-7-19(13-17)29(36)37)32-27(22)38-25(23)15-8-10-20(30)11-9-15/h2-14H,1H3,(H,31,33)(H,34,35)(H,36,37). The van der Waals surface area contributed by atoms with Crippen molar-refractivity contribution in [2.75, 3.05) is 7.05 Å². The summed E-state index contributed by atoms with van der Waals surface area (Å²) in [6.07, 6.45) is 0. The first kappa shape index (κ1) is 24.4. The first-order valence-corrected chi connectivity index (χ1v) is 11.4. The summed E-state index contributed by atoms with van der Waals surface area (Å²) in [6.45, 7) is 0. The molecule has 2 aromatic heterocycles. The molecule has 2 heterocycles. The van der Waals surface area contributed by atoms with Gasteiger partial charge in [-0.3, -0.25) is 4.79 Å². The van der Waals surface area contributed by atoms with Gasteiger partial charge < -0.3 is 19.9 Å². The van der Waals surface area contributed by atoms with Gasteiger partial charge in [0, 0.05) is 23.7 Å². The summed E-state index contributed by atoms with van der Waals surface area (Å²) in [7, 11) is 1.46. The fraction of sp³-hybridized carbons (Fsp3) is 0.0345. The third-order valence-corrected chi connectivity index (χ3v) is 6.05. The van der Waals surface area contributed by atoms with Crippen LogP contribution in [0.4, 0.5) is 4.39 Å². The third kappa shape index (κ3) is 4.37. The number of nitrogens with one attached hydrogen (secondary N) is 1. The van der Waals surface area contributed by atoms with Gasteiger partial charge in [0.25, 0.3) is 5.91 Å². The number of aromatic nitrogens is 1. The van der Waals surface area contributed by atoms with Gasteiger partial charge in [-0.05, 0) is 60.2 Å². The predicted octanol–water partition coefficient (Wildman–Crippen LogP) is 5.72. The maximum Gasteiger partial charge on any atom is 0.335 e. The van der Waals surface area contributed by atoms with E-state index < -0.39 is 23.7 Å². The molecule has 0 radical (unpaired) electrons. The van der Waals surface area contributed by atoms with Crippen LogP contribution in [0.15, 0.2) is 83.3 Å². The van der Waals surface area contributed by atoms with Gasteiger partial charge in [-0.2, -0.15) is 0 Å². The van der Waals surface area contributed by atoms with E-state index in [0.29, 0.717) is 33.3 Å². The number of nitrogens with zero attached hydrogens (tertiary/aromatic N) is 1. The highest BCUT2D eigenvalue weighted by Gasteiger charge is 2.25. The number of rotatable bonds is 6. The number of carbonyl (C=O) groups is 3. The molecule has 3 N–H and O–H groups in total. The van der Waals surface area contributed by atoms with Crippen molar-refractivity contribution in [1.29, 1.82) is 0 Å². The summed E-state index contributed by atoms with van der Waals surface area (Å²) in [5.74, 6) is -2.99. The van der Waals surface area contributed by atoms with Crippen LogP contribution in [-0.2, 0) is 0 Å². The molecule has 0 spiro atoms. The summed E-state index contributed by atoms with van der Waals surface area (Å²) in [4.78, 5) is 41.0. The topological polar surface area (TPSA) is 130 Å². The molecular weight excluding hydrogens is 491 g/mol. The Kier molecular flexibility index (Phi) is 6.18. The maximum atomic E-state index is 13.6. The molecule has 0 fully saturated rings. The van der Waals surface area contributed by atoms with Crippen molar-refractivity contribution in [3.63, 3.8) is 0 Å². The molecule has 0 aliphatic heterocycles. The number of hydrogen-bond acceptors (Lipinski definition) is 5. The molecule has 8 nitrogen and oxygen atoms in total. The zero-order valence-electron chi connectivity index (χ0n) is 19.9. The fourth-order valence-electron chi connectivity index (χ4n) is 4.24. The van der Waals surface area contributed by atoms with Gasteiger partial charge >= 0.3 is 11.9 Å². The smallest absolute Gasteiger partial charge is 0.335 e. The number of fused-ring (bicyclic) bond motifs is 1. The highest BCUT2D eigenvalue weighted by Crippen LogP contribution is 2.39. The number of furan rings is 1. The van der Waals surface area contributed by atoms with Crippen LogP contribution in [0, 0.1) is 5.82 Å². The van der Waals surface area contributed by atoms with E-state index in [1.165, 1.54) is 55.6 Å². The molecule has 38 heavy (non-hydrogen) atoms. The zero-order chi connectivity index (χ0) is 27.0. The molecule has 0 saturated heterocycles. The number of benzene rings is 3. The van der Waals surface area contributed by atoms with Crippen molar-refractivity contribution >= 4 is 28.9 Å². The summed E-state index contributed by atoms with van der Waals surface area (Å²) in [5, 5.41) is 22.0. The maximum absolute atomic E-state index is 13.6. The van der Waals surface area contributed by atoms with E-state index >= 15 is 0 Å².